The molecule has 0 aromatic heterocycles. The van der Waals surface area contributed by atoms with Crippen LogP contribution in [0.5, 0.6) is 0 Å². The number of para-hydroxylation sites is 1. The van der Waals surface area contributed by atoms with E-state index in [1.807, 2.05) is 38.1 Å². The molecule has 0 fully saturated rings. The van der Waals surface area contributed by atoms with E-state index in [0.717, 1.165) is 23.2 Å². The summed E-state index contributed by atoms with van der Waals surface area (Å²) < 4.78 is 12.9. The van der Waals surface area contributed by atoms with Crippen molar-refractivity contribution in [3.8, 4) is 0 Å². The summed E-state index contributed by atoms with van der Waals surface area (Å²) in [6.07, 6.45) is 3.77. The van der Waals surface area contributed by atoms with Crippen molar-refractivity contribution < 1.29 is 14.0 Å². The number of hydrogen-bond donors (Lipinski definition) is 1. The van der Waals surface area contributed by atoms with Crippen molar-refractivity contribution in [1.82, 2.24) is 4.90 Å². The number of anilines is 1. The molecule has 2 aromatic carbocycles. The van der Waals surface area contributed by atoms with Crippen LogP contribution >= 0.6 is 0 Å². The van der Waals surface area contributed by atoms with Crippen LogP contribution in [0.25, 0.3) is 6.08 Å². The Hall–Kier alpha value is -2.95. The molecule has 0 aliphatic carbocycles. The number of halogens is 1. The van der Waals surface area contributed by atoms with Crippen molar-refractivity contribution in [2.75, 3.05) is 18.4 Å². The lowest BCUT2D eigenvalue weighted by Crippen LogP contribution is -2.37. The van der Waals surface area contributed by atoms with Gasteiger partial charge in [-0.2, -0.15) is 0 Å². The Bertz CT molecular complexity index is 785. The van der Waals surface area contributed by atoms with Crippen LogP contribution in [-0.2, 0) is 9.59 Å². The van der Waals surface area contributed by atoms with E-state index < -0.39 is 0 Å². The number of hydrogen-bond acceptors (Lipinski definition) is 2. The highest BCUT2D eigenvalue weighted by Gasteiger charge is 2.14. The topological polar surface area (TPSA) is 49.4 Å². The number of nitrogens with one attached hydrogen (secondary N) is 1. The molecule has 26 heavy (non-hydrogen) atoms. The fourth-order valence-corrected chi connectivity index (χ4v) is 2.46. The van der Waals surface area contributed by atoms with Crippen LogP contribution in [0.15, 0.2) is 54.6 Å². The molecule has 2 rings (SSSR count). The minimum absolute atomic E-state index is 0.0191. The Morgan fingerprint density at radius 3 is 2.46 bits per heavy atom. The van der Waals surface area contributed by atoms with Gasteiger partial charge in [0.15, 0.2) is 0 Å². The van der Waals surface area contributed by atoms with E-state index >= 15 is 0 Å². The molecule has 0 unspecified atom stereocenters. The molecule has 0 heterocycles. The Labute approximate surface area is 153 Å². The molecule has 0 saturated carbocycles. The number of rotatable bonds is 7. The molecule has 136 valence electrons. The number of aryl methyl sites for hydroxylation is 1. The van der Waals surface area contributed by atoms with Gasteiger partial charge >= 0.3 is 0 Å². The summed E-state index contributed by atoms with van der Waals surface area (Å²) in [6.45, 7) is 4.32. The lowest BCUT2D eigenvalue weighted by Gasteiger charge is -2.20. The molecule has 0 atom stereocenters. The van der Waals surface area contributed by atoms with Gasteiger partial charge in [0.1, 0.15) is 12.4 Å². The van der Waals surface area contributed by atoms with Crippen molar-refractivity contribution in [1.29, 1.82) is 0 Å². The van der Waals surface area contributed by atoms with Gasteiger partial charge in [0.2, 0.25) is 11.8 Å². The maximum atomic E-state index is 12.9. The van der Waals surface area contributed by atoms with Gasteiger partial charge in [0, 0.05) is 18.3 Å². The molecule has 0 radical (unpaired) electrons. The van der Waals surface area contributed by atoms with Crippen LogP contribution in [0.4, 0.5) is 10.1 Å². The zero-order valence-corrected chi connectivity index (χ0v) is 15.0. The molecule has 5 heteroatoms. The lowest BCUT2D eigenvalue weighted by molar-refractivity contribution is -0.130. The average molecular weight is 354 g/mol. The lowest BCUT2D eigenvalue weighted by atomic mass is 10.2. The maximum absolute atomic E-state index is 12.9. The highest BCUT2D eigenvalue weighted by molar-refractivity contribution is 5.98. The quantitative estimate of drug-likeness (QED) is 0.764. The highest BCUT2D eigenvalue weighted by atomic mass is 19.1. The molecule has 0 bridgehead atoms. The number of benzene rings is 2. The summed E-state index contributed by atoms with van der Waals surface area (Å²) in [7, 11) is 0. The maximum Gasteiger partial charge on any atom is 0.247 e. The normalized spacial score (nSPS) is 10.7. The van der Waals surface area contributed by atoms with Gasteiger partial charge in [-0.05, 0) is 48.7 Å². The van der Waals surface area contributed by atoms with Crippen LogP contribution in [-0.4, -0.2) is 29.8 Å². The second-order valence-corrected chi connectivity index (χ2v) is 6.01. The molecule has 0 spiro atoms. The highest BCUT2D eigenvalue weighted by Crippen LogP contribution is 2.13. The smallest absolute Gasteiger partial charge is 0.247 e. The molecule has 4 nitrogen and oxygen atoms in total. The zero-order chi connectivity index (χ0) is 18.9. The zero-order valence-electron chi connectivity index (χ0n) is 15.0. The van der Waals surface area contributed by atoms with E-state index in [1.54, 1.807) is 18.2 Å². The molecule has 2 aromatic rings. The average Bonchev–Trinajstić information content (AvgIpc) is 2.62. The second-order valence-electron chi connectivity index (χ2n) is 6.01. The fourth-order valence-electron chi connectivity index (χ4n) is 2.46. The Morgan fingerprint density at radius 2 is 1.81 bits per heavy atom. The van der Waals surface area contributed by atoms with E-state index in [0.29, 0.717) is 6.54 Å². The second kappa shape index (κ2) is 9.51. The third-order valence-corrected chi connectivity index (χ3v) is 3.85. The monoisotopic (exact) mass is 354 g/mol. The van der Waals surface area contributed by atoms with Crippen molar-refractivity contribution >= 4 is 23.6 Å². The van der Waals surface area contributed by atoms with E-state index in [4.69, 9.17) is 0 Å². The van der Waals surface area contributed by atoms with Crippen LogP contribution < -0.4 is 5.32 Å². The first-order valence-corrected chi connectivity index (χ1v) is 8.57. The van der Waals surface area contributed by atoms with Crippen LogP contribution in [0.2, 0.25) is 0 Å². The van der Waals surface area contributed by atoms with Crippen LogP contribution in [0.3, 0.4) is 0 Å². The van der Waals surface area contributed by atoms with Gasteiger partial charge in [-0.25, -0.2) is 4.39 Å². The van der Waals surface area contributed by atoms with Gasteiger partial charge in [0.05, 0.1) is 0 Å². The largest absolute Gasteiger partial charge is 0.330 e. The Morgan fingerprint density at radius 1 is 1.12 bits per heavy atom. The van der Waals surface area contributed by atoms with Crippen molar-refractivity contribution in [2.45, 2.75) is 20.3 Å². The van der Waals surface area contributed by atoms with Gasteiger partial charge in [-0.3, -0.25) is 9.59 Å². The Balaban J connectivity index is 2.00. The first-order valence-electron chi connectivity index (χ1n) is 8.57. The number of nitrogens with zero attached hydrogens (tertiary/aromatic N) is 1. The Kier molecular flexibility index (Phi) is 7.09. The van der Waals surface area contributed by atoms with Gasteiger partial charge in [0.25, 0.3) is 0 Å². The van der Waals surface area contributed by atoms with Crippen molar-refractivity contribution in [2.24, 2.45) is 0 Å². The predicted molar refractivity (Wildman–Crippen MR) is 102 cm³/mol. The fraction of sp³-hybridized carbons (Fsp3) is 0.238. The van der Waals surface area contributed by atoms with Crippen molar-refractivity contribution in [3.05, 3.63) is 71.6 Å². The summed E-state index contributed by atoms with van der Waals surface area (Å²) in [5.74, 6) is -0.818. The third-order valence-electron chi connectivity index (χ3n) is 3.85. The summed E-state index contributed by atoms with van der Waals surface area (Å²) >= 11 is 0. The third kappa shape index (κ3) is 5.84. The SMILES string of the molecule is CCCN(CC(=O)Nc1ccccc1C)C(=O)/C=C/c1ccc(F)cc1. The molecular formula is C21H23FN2O2. The first kappa shape index (κ1) is 19.4. The minimum atomic E-state index is -0.325. The van der Waals surface area contributed by atoms with Crippen LogP contribution in [0.1, 0.15) is 24.5 Å². The van der Waals surface area contributed by atoms with E-state index in [1.165, 1.54) is 23.1 Å². The minimum Gasteiger partial charge on any atom is -0.330 e. The van der Waals surface area contributed by atoms with Gasteiger partial charge in [-0.1, -0.05) is 37.3 Å². The number of carbonyl (C=O) groups is 2. The van der Waals surface area contributed by atoms with Crippen LogP contribution in [0, 0.1) is 12.7 Å². The molecule has 0 aliphatic heterocycles. The molecule has 1 N–H and O–H groups in total. The van der Waals surface area contributed by atoms with E-state index in [2.05, 4.69) is 5.32 Å². The predicted octanol–water partition coefficient (Wildman–Crippen LogP) is 4.02. The van der Waals surface area contributed by atoms with Gasteiger partial charge < -0.3 is 10.2 Å². The standard InChI is InChI=1S/C21H23FN2O2/c1-3-14-24(15-20(25)23-19-7-5-4-6-16(19)2)21(26)13-10-17-8-11-18(22)12-9-17/h4-13H,3,14-15H2,1-2H3,(H,23,25)/b13-10+. The first-order chi connectivity index (χ1) is 12.5. The molecule has 2 amide bonds. The van der Waals surface area contributed by atoms with E-state index in [-0.39, 0.29) is 24.2 Å². The summed E-state index contributed by atoms with van der Waals surface area (Å²) in [5, 5.41) is 2.84. The summed E-state index contributed by atoms with van der Waals surface area (Å²) in [6, 6.07) is 13.3. The summed E-state index contributed by atoms with van der Waals surface area (Å²) in [5.41, 5.74) is 2.43. The van der Waals surface area contributed by atoms with Crippen molar-refractivity contribution in [3.63, 3.8) is 0 Å². The molecule has 0 aliphatic rings. The molecule has 0 saturated heterocycles. The number of carbonyl (C=O) groups excluding carboxylic acids is 2. The van der Waals surface area contributed by atoms with Gasteiger partial charge in [-0.15, -0.1) is 0 Å². The summed E-state index contributed by atoms with van der Waals surface area (Å²) in [4.78, 5) is 26.2. The number of amides is 2. The molecular weight excluding hydrogens is 331 g/mol. The van der Waals surface area contributed by atoms with E-state index in [9.17, 15) is 14.0 Å².